The van der Waals surface area contributed by atoms with Gasteiger partial charge in [0.25, 0.3) is 0 Å². The summed E-state index contributed by atoms with van der Waals surface area (Å²) in [6.07, 6.45) is 9.11. The van der Waals surface area contributed by atoms with Crippen molar-refractivity contribution in [2.75, 3.05) is 31.1 Å². The topological polar surface area (TPSA) is 65.5 Å². The molecule has 0 unspecified atom stereocenters. The van der Waals surface area contributed by atoms with E-state index in [0.29, 0.717) is 32.5 Å². The number of aromatic nitrogens is 1. The Labute approximate surface area is 184 Å². The zero-order chi connectivity index (χ0) is 21.5. The molecule has 1 N–H and O–H groups in total. The van der Waals surface area contributed by atoms with Crippen molar-refractivity contribution in [3.63, 3.8) is 0 Å². The third-order valence-electron chi connectivity index (χ3n) is 6.10. The van der Waals surface area contributed by atoms with Crippen molar-refractivity contribution in [1.82, 2.24) is 15.2 Å². The van der Waals surface area contributed by atoms with E-state index in [1.807, 2.05) is 53.6 Å². The van der Waals surface area contributed by atoms with E-state index in [1.54, 1.807) is 6.08 Å². The van der Waals surface area contributed by atoms with Gasteiger partial charge in [-0.2, -0.15) is 0 Å². The Balaban J connectivity index is 1.23. The lowest BCUT2D eigenvalue weighted by atomic mass is 9.95. The molecule has 3 heterocycles. The highest BCUT2D eigenvalue weighted by atomic mass is 16.2. The predicted octanol–water partition coefficient (Wildman–Crippen LogP) is 3.25. The normalized spacial score (nSPS) is 17.3. The van der Waals surface area contributed by atoms with Crippen LogP contribution in [0.4, 0.5) is 5.82 Å². The summed E-state index contributed by atoms with van der Waals surface area (Å²) < 4.78 is 0. The minimum Gasteiger partial charge on any atom is -0.357 e. The molecule has 2 aliphatic rings. The molecule has 162 valence electrons. The lowest BCUT2D eigenvalue weighted by Crippen LogP contribution is -2.42. The van der Waals surface area contributed by atoms with E-state index in [1.165, 1.54) is 12.8 Å². The largest absolute Gasteiger partial charge is 0.357 e. The van der Waals surface area contributed by atoms with Gasteiger partial charge in [0, 0.05) is 50.9 Å². The number of hydrogen-bond donors (Lipinski definition) is 1. The monoisotopic (exact) mass is 418 g/mol. The lowest BCUT2D eigenvalue weighted by Gasteiger charge is -2.30. The Hall–Kier alpha value is -3.15. The second kappa shape index (κ2) is 10.2. The van der Waals surface area contributed by atoms with E-state index in [4.69, 9.17) is 0 Å². The summed E-state index contributed by atoms with van der Waals surface area (Å²) >= 11 is 0. The number of benzene rings is 1. The standard InChI is InChI=1S/C25H30N4O2/c30-24(9-8-20-6-2-1-3-7-20)29-16-11-22(12-17-29)25(31)27-19-21-10-13-26-23(18-21)28-14-4-5-15-28/h1-3,6-10,13,18,22H,4-5,11-12,14-17,19H2,(H,27,31)/b9-8+. The van der Waals surface area contributed by atoms with Gasteiger partial charge in [-0.15, -0.1) is 0 Å². The molecule has 2 aliphatic heterocycles. The molecule has 2 saturated heterocycles. The van der Waals surface area contributed by atoms with E-state index < -0.39 is 0 Å². The van der Waals surface area contributed by atoms with Crippen LogP contribution in [0.25, 0.3) is 6.08 Å². The van der Waals surface area contributed by atoms with Gasteiger partial charge >= 0.3 is 0 Å². The van der Waals surface area contributed by atoms with Crippen LogP contribution in [0.2, 0.25) is 0 Å². The maximum absolute atomic E-state index is 12.6. The first-order chi connectivity index (χ1) is 15.2. The van der Waals surface area contributed by atoms with Gasteiger partial charge in [-0.1, -0.05) is 30.3 Å². The summed E-state index contributed by atoms with van der Waals surface area (Å²) in [7, 11) is 0. The van der Waals surface area contributed by atoms with Crippen LogP contribution in [-0.2, 0) is 16.1 Å². The van der Waals surface area contributed by atoms with Gasteiger partial charge in [-0.3, -0.25) is 9.59 Å². The molecule has 6 nitrogen and oxygen atoms in total. The third-order valence-corrected chi connectivity index (χ3v) is 6.10. The van der Waals surface area contributed by atoms with Gasteiger partial charge in [0.1, 0.15) is 5.82 Å². The highest BCUT2D eigenvalue weighted by Gasteiger charge is 2.26. The summed E-state index contributed by atoms with van der Waals surface area (Å²) in [6.45, 7) is 3.86. The van der Waals surface area contributed by atoms with Gasteiger partial charge in [-0.25, -0.2) is 4.98 Å². The van der Waals surface area contributed by atoms with Crippen LogP contribution < -0.4 is 10.2 Å². The van der Waals surface area contributed by atoms with Gasteiger partial charge in [0.05, 0.1) is 0 Å². The Kier molecular flexibility index (Phi) is 6.97. The maximum Gasteiger partial charge on any atom is 0.246 e. The number of hydrogen-bond acceptors (Lipinski definition) is 4. The van der Waals surface area contributed by atoms with Crippen molar-refractivity contribution >= 4 is 23.7 Å². The van der Waals surface area contributed by atoms with Crippen LogP contribution in [0.1, 0.15) is 36.8 Å². The number of nitrogens with zero attached hydrogens (tertiary/aromatic N) is 3. The molecule has 4 rings (SSSR count). The molecule has 1 aromatic heterocycles. The van der Waals surface area contributed by atoms with Crippen molar-refractivity contribution in [1.29, 1.82) is 0 Å². The van der Waals surface area contributed by atoms with Crippen molar-refractivity contribution < 1.29 is 9.59 Å². The first kappa shape index (κ1) is 21.1. The van der Waals surface area contributed by atoms with Crippen LogP contribution in [0.15, 0.2) is 54.7 Å². The number of carbonyl (C=O) groups excluding carboxylic acids is 2. The highest BCUT2D eigenvalue weighted by molar-refractivity contribution is 5.92. The van der Waals surface area contributed by atoms with Crippen LogP contribution in [-0.4, -0.2) is 47.9 Å². The van der Waals surface area contributed by atoms with Crippen molar-refractivity contribution in [3.8, 4) is 0 Å². The molecule has 0 radical (unpaired) electrons. The summed E-state index contributed by atoms with van der Waals surface area (Å²) in [6, 6.07) is 13.8. The molecule has 0 atom stereocenters. The molecular weight excluding hydrogens is 388 g/mol. The fraction of sp³-hybridized carbons (Fsp3) is 0.400. The van der Waals surface area contributed by atoms with Crippen molar-refractivity contribution in [2.24, 2.45) is 5.92 Å². The van der Waals surface area contributed by atoms with Crippen LogP contribution in [0, 0.1) is 5.92 Å². The number of piperidine rings is 1. The van der Waals surface area contributed by atoms with E-state index in [2.05, 4.69) is 21.3 Å². The molecule has 2 fully saturated rings. The zero-order valence-electron chi connectivity index (χ0n) is 17.9. The van der Waals surface area contributed by atoms with E-state index in [-0.39, 0.29) is 17.7 Å². The quantitative estimate of drug-likeness (QED) is 0.732. The summed E-state index contributed by atoms with van der Waals surface area (Å²) in [4.78, 5) is 33.7. The SMILES string of the molecule is O=C(NCc1ccnc(N2CCCC2)c1)C1CCN(C(=O)/C=C/c2ccccc2)CC1. The third kappa shape index (κ3) is 5.72. The fourth-order valence-corrected chi connectivity index (χ4v) is 4.22. The smallest absolute Gasteiger partial charge is 0.246 e. The Morgan fingerprint density at radius 1 is 1.03 bits per heavy atom. The Bertz CT molecular complexity index is 914. The molecule has 0 aliphatic carbocycles. The average Bonchev–Trinajstić information content (AvgIpc) is 3.37. The second-order valence-corrected chi connectivity index (χ2v) is 8.28. The highest BCUT2D eigenvalue weighted by Crippen LogP contribution is 2.20. The molecule has 1 aromatic carbocycles. The number of rotatable bonds is 6. The molecular formula is C25H30N4O2. The second-order valence-electron chi connectivity index (χ2n) is 8.28. The van der Waals surface area contributed by atoms with E-state index in [9.17, 15) is 9.59 Å². The summed E-state index contributed by atoms with van der Waals surface area (Å²) in [5, 5.41) is 3.07. The number of amides is 2. The minimum atomic E-state index is -0.0398. The Morgan fingerprint density at radius 3 is 2.52 bits per heavy atom. The number of pyridine rings is 1. The summed E-state index contributed by atoms with van der Waals surface area (Å²) in [5.74, 6) is 1.04. The molecule has 0 spiro atoms. The molecule has 0 bridgehead atoms. The maximum atomic E-state index is 12.6. The van der Waals surface area contributed by atoms with Gasteiger partial charge < -0.3 is 15.1 Å². The number of likely N-dealkylation sites (tertiary alicyclic amines) is 1. The van der Waals surface area contributed by atoms with Crippen molar-refractivity contribution in [2.45, 2.75) is 32.2 Å². The lowest BCUT2D eigenvalue weighted by molar-refractivity contribution is -0.132. The van der Waals surface area contributed by atoms with Gasteiger partial charge in [-0.05, 0) is 55.0 Å². The van der Waals surface area contributed by atoms with Crippen LogP contribution in [0.5, 0.6) is 0 Å². The molecule has 31 heavy (non-hydrogen) atoms. The number of carbonyl (C=O) groups is 2. The average molecular weight is 419 g/mol. The van der Waals surface area contributed by atoms with Crippen LogP contribution in [0.3, 0.4) is 0 Å². The van der Waals surface area contributed by atoms with E-state index in [0.717, 1.165) is 30.0 Å². The minimum absolute atomic E-state index is 0.00828. The number of nitrogens with one attached hydrogen (secondary N) is 1. The van der Waals surface area contributed by atoms with Gasteiger partial charge in [0.2, 0.25) is 11.8 Å². The Morgan fingerprint density at radius 2 is 1.77 bits per heavy atom. The number of anilines is 1. The zero-order valence-corrected chi connectivity index (χ0v) is 17.9. The first-order valence-electron chi connectivity index (χ1n) is 11.2. The van der Waals surface area contributed by atoms with Crippen LogP contribution >= 0.6 is 0 Å². The predicted molar refractivity (Wildman–Crippen MR) is 122 cm³/mol. The first-order valence-corrected chi connectivity index (χ1v) is 11.2. The molecule has 2 amide bonds. The molecule has 2 aromatic rings. The fourth-order valence-electron chi connectivity index (χ4n) is 4.22. The molecule has 6 heteroatoms. The van der Waals surface area contributed by atoms with E-state index >= 15 is 0 Å². The van der Waals surface area contributed by atoms with Gasteiger partial charge in [0.15, 0.2) is 0 Å². The summed E-state index contributed by atoms with van der Waals surface area (Å²) in [5.41, 5.74) is 2.08. The molecule has 0 saturated carbocycles. The van der Waals surface area contributed by atoms with Crippen molar-refractivity contribution in [3.05, 3.63) is 65.9 Å².